The van der Waals surface area contributed by atoms with Crippen LogP contribution in [0.15, 0.2) is 24.3 Å². The van der Waals surface area contributed by atoms with Crippen LogP contribution in [0.5, 0.6) is 0 Å². The molecule has 1 aromatic rings. The highest BCUT2D eigenvalue weighted by Gasteiger charge is 2.30. The maximum absolute atomic E-state index is 12.1. The largest absolute Gasteiger partial charge is 0.469 e. The van der Waals surface area contributed by atoms with Crippen molar-refractivity contribution < 1.29 is 28.7 Å². The molecule has 158 valence electrons. The summed E-state index contributed by atoms with van der Waals surface area (Å²) >= 11 is 0. The maximum atomic E-state index is 12.1. The Balaban J connectivity index is 2.53. The number of nitrogen functional groups attached to an aromatic ring is 1. The standard InChI is InChI=1S/C19H26N4O6/c1-11(14(19(27)29-3)10-17(26)28-2)22-15(24)8-9-16(25)23-13-6-4-12(5-7-13)18(20)21/h4-7,11,14H,8-10H2,1-3H3,(H3,20,21)(H,22,24)(H,23,25). The molecule has 5 N–H and O–H groups in total. The molecule has 0 aliphatic carbocycles. The van der Waals surface area contributed by atoms with Crippen molar-refractivity contribution >= 4 is 35.3 Å². The van der Waals surface area contributed by atoms with Gasteiger partial charge in [0.25, 0.3) is 0 Å². The van der Waals surface area contributed by atoms with E-state index < -0.39 is 29.8 Å². The van der Waals surface area contributed by atoms with Gasteiger partial charge in [-0.25, -0.2) is 0 Å². The highest BCUT2D eigenvalue weighted by molar-refractivity contribution is 5.96. The molecule has 1 aromatic carbocycles. The van der Waals surface area contributed by atoms with E-state index in [-0.39, 0.29) is 31.0 Å². The number of amidine groups is 1. The topological polar surface area (TPSA) is 161 Å². The minimum absolute atomic E-state index is 0.0765. The summed E-state index contributed by atoms with van der Waals surface area (Å²) < 4.78 is 9.22. The van der Waals surface area contributed by atoms with Gasteiger partial charge in [0.05, 0.1) is 26.6 Å². The van der Waals surface area contributed by atoms with Gasteiger partial charge < -0.3 is 25.8 Å². The molecule has 2 atom stereocenters. The molecule has 0 bridgehead atoms. The van der Waals surface area contributed by atoms with Gasteiger partial charge in [-0.3, -0.25) is 24.6 Å². The van der Waals surface area contributed by atoms with E-state index in [0.717, 1.165) is 0 Å². The van der Waals surface area contributed by atoms with Crippen molar-refractivity contribution in [2.45, 2.75) is 32.2 Å². The van der Waals surface area contributed by atoms with Crippen molar-refractivity contribution in [3.8, 4) is 0 Å². The van der Waals surface area contributed by atoms with E-state index in [1.807, 2.05) is 0 Å². The smallest absolute Gasteiger partial charge is 0.311 e. The van der Waals surface area contributed by atoms with E-state index in [2.05, 4.69) is 20.1 Å². The van der Waals surface area contributed by atoms with Gasteiger partial charge in [0.1, 0.15) is 5.84 Å². The second-order valence-corrected chi connectivity index (χ2v) is 6.31. The number of rotatable bonds is 10. The number of ether oxygens (including phenoxy) is 2. The number of hydrogen-bond donors (Lipinski definition) is 4. The number of carbonyl (C=O) groups excluding carboxylic acids is 4. The maximum Gasteiger partial charge on any atom is 0.311 e. The third-order valence-corrected chi connectivity index (χ3v) is 4.17. The number of carbonyl (C=O) groups is 4. The van der Waals surface area contributed by atoms with Crippen LogP contribution >= 0.6 is 0 Å². The SMILES string of the molecule is COC(=O)CC(C(=O)OC)C(C)NC(=O)CCC(=O)Nc1ccc(C(=N)N)cc1. The molecule has 0 fully saturated rings. The predicted octanol–water partition coefficient (Wildman–Crippen LogP) is 0.546. The summed E-state index contributed by atoms with van der Waals surface area (Å²) in [6, 6.07) is 5.72. The zero-order valence-electron chi connectivity index (χ0n) is 16.6. The normalized spacial score (nSPS) is 12.2. The van der Waals surface area contributed by atoms with Gasteiger partial charge in [-0.2, -0.15) is 0 Å². The van der Waals surface area contributed by atoms with Crippen LogP contribution in [0.1, 0.15) is 31.7 Å². The molecule has 0 heterocycles. The third kappa shape index (κ3) is 7.99. The van der Waals surface area contributed by atoms with Crippen molar-refractivity contribution in [2.24, 2.45) is 11.7 Å². The number of benzene rings is 1. The van der Waals surface area contributed by atoms with Crippen LogP contribution in [-0.2, 0) is 28.7 Å². The number of nitrogens with two attached hydrogens (primary N) is 1. The fourth-order valence-corrected chi connectivity index (χ4v) is 2.49. The van der Waals surface area contributed by atoms with Crippen molar-refractivity contribution in [1.82, 2.24) is 5.32 Å². The fraction of sp³-hybridized carbons (Fsp3) is 0.421. The Hall–Kier alpha value is -3.43. The number of esters is 2. The number of amides is 2. The van der Waals surface area contributed by atoms with Gasteiger partial charge in [-0.05, 0) is 31.2 Å². The van der Waals surface area contributed by atoms with E-state index in [1.54, 1.807) is 31.2 Å². The molecule has 0 saturated heterocycles. The molecular formula is C19H26N4O6. The van der Waals surface area contributed by atoms with Crippen molar-refractivity contribution in [3.05, 3.63) is 29.8 Å². The van der Waals surface area contributed by atoms with Crippen LogP contribution in [0, 0.1) is 11.3 Å². The van der Waals surface area contributed by atoms with E-state index >= 15 is 0 Å². The van der Waals surface area contributed by atoms with Gasteiger partial charge in [-0.15, -0.1) is 0 Å². The number of hydrogen-bond acceptors (Lipinski definition) is 7. The lowest BCUT2D eigenvalue weighted by Crippen LogP contribution is -2.43. The molecule has 2 amide bonds. The number of methoxy groups -OCH3 is 2. The highest BCUT2D eigenvalue weighted by Crippen LogP contribution is 2.13. The Bertz CT molecular complexity index is 762. The molecule has 1 rings (SSSR count). The summed E-state index contributed by atoms with van der Waals surface area (Å²) in [7, 11) is 2.39. The molecule has 0 aliphatic rings. The van der Waals surface area contributed by atoms with Crippen LogP contribution < -0.4 is 16.4 Å². The summed E-state index contributed by atoms with van der Waals surface area (Å²) in [6.45, 7) is 1.57. The molecule has 2 unspecified atom stereocenters. The molecule has 0 aliphatic heterocycles. The van der Waals surface area contributed by atoms with Gasteiger partial charge >= 0.3 is 11.9 Å². The van der Waals surface area contributed by atoms with Gasteiger partial charge in [0.2, 0.25) is 11.8 Å². The Labute approximate surface area is 168 Å². The van der Waals surface area contributed by atoms with Gasteiger partial charge in [-0.1, -0.05) is 0 Å². The quantitative estimate of drug-likeness (QED) is 0.250. The lowest BCUT2D eigenvalue weighted by molar-refractivity contribution is -0.153. The fourth-order valence-electron chi connectivity index (χ4n) is 2.49. The highest BCUT2D eigenvalue weighted by atomic mass is 16.5. The summed E-state index contributed by atoms with van der Waals surface area (Å²) in [6.07, 6.45) is -0.415. The first-order valence-electron chi connectivity index (χ1n) is 8.86. The van der Waals surface area contributed by atoms with Gasteiger partial charge in [0, 0.05) is 30.1 Å². The predicted molar refractivity (Wildman–Crippen MR) is 105 cm³/mol. The minimum atomic E-state index is -0.898. The summed E-state index contributed by atoms with van der Waals surface area (Å²) in [5.74, 6) is -3.04. The summed E-state index contributed by atoms with van der Waals surface area (Å²) in [4.78, 5) is 47.4. The molecular weight excluding hydrogens is 380 g/mol. The Morgan fingerprint density at radius 1 is 1.03 bits per heavy atom. The Morgan fingerprint density at radius 2 is 1.62 bits per heavy atom. The van der Waals surface area contributed by atoms with Crippen molar-refractivity contribution in [1.29, 1.82) is 5.41 Å². The summed E-state index contributed by atoms with van der Waals surface area (Å²) in [5.41, 5.74) is 6.41. The summed E-state index contributed by atoms with van der Waals surface area (Å²) in [5, 5.41) is 12.6. The van der Waals surface area contributed by atoms with Crippen LogP contribution in [0.25, 0.3) is 0 Å². The Morgan fingerprint density at radius 3 is 2.14 bits per heavy atom. The lowest BCUT2D eigenvalue weighted by atomic mass is 9.97. The van der Waals surface area contributed by atoms with Crippen molar-refractivity contribution in [3.63, 3.8) is 0 Å². The molecule has 0 spiro atoms. The molecule has 10 nitrogen and oxygen atoms in total. The van der Waals surface area contributed by atoms with Crippen LogP contribution in [0.3, 0.4) is 0 Å². The third-order valence-electron chi connectivity index (χ3n) is 4.17. The molecule has 29 heavy (non-hydrogen) atoms. The number of nitrogens with one attached hydrogen (secondary N) is 3. The molecule has 0 saturated carbocycles. The average molecular weight is 406 g/mol. The van der Waals surface area contributed by atoms with E-state index in [1.165, 1.54) is 14.2 Å². The first-order chi connectivity index (χ1) is 13.7. The van der Waals surface area contributed by atoms with E-state index in [9.17, 15) is 19.2 Å². The Kier molecular flexibility index (Phi) is 9.30. The second kappa shape index (κ2) is 11.4. The second-order valence-electron chi connectivity index (χ2n) is 6.31. The number of anilines is 1. The van der Waals surface area contributed by atoms with Gasteiger partial charge in [0.15, 0.2) is 0 Å². The van der Waals surface area contributed by atoms with E-state index in [0.29, 0.717) is 11.3 Å². The lowest BCUT2D eigenvalue weighted by Gasteiger charge is -2.22. The van der Waals surface area contributed by atoms with Crippen LogP contribution in [-0.4, -0.2) is 49.9 Å². The van der Waals surface area contributed by atoms with E-state index in [4.69, 9.17) is 11.1 Å². The zero-order chi connectivity index (χ0) is 22.0. The molecule has 10 heteroatoms. The van der Waals surface area contributed by atoms with Crippen molar-refractivity contribution in [2.75, 3.05) is 19.5 Å². The van der Waals surface area contributed by atoms with Crippen LogP contribution in [0.4, 0.5) is 5.69 Å². The zero-order valence-corrected chi connectivity index (χ0v) is 16.6. The monoisotopic (exact) mass is 406 g/mol. The van der Waals surface area contributed by atoms with Crippen LogP contribution in [0.2, 0.25) is 0 Å². The molecule has 0 radical (unpaired) electrons. The minimum Gasteiger partial charge on any atom is -0.469 e. The molecule has 0 aromatic heterocycles. The first-order valence-corrected chi connectivity index (χ1v) is 8.86. The first kappa shape index (κ1) is 23.6. The average Bonchev–Trinajstić information content (AvgIpc) is 2.69.